The van der Waals surface area contributed by atoms with Gasteiger partial charge < -0.3 is 10.1 Å². The van der Waals surface area contributed by atoms with Gasteiger partial charge in [0.2, 0.25) is 0 Å². The van der Waals surface area contributed by atoms with Gasteiger partial charge in [-0.2, -0.15) is 0 Å². The molecule has 6 heteroatoms. The van der Waals surface area contributed by atoms with Crippen LogP contribution in [0.2, 0.25) is 0 Å². The van der Waals surface area contributed by atoms with E-state index in [0.29, 0.717) is 18.5 Å². The lowest BCUT2D eigenvalue weighted by atomic mass is 10.1. The molecule has 0 radical (unpaired) electrons. The predicted molar refractivity (Wildman–Crippen MR) is 68.0 cm³/mol. The maximum absolute atomic E-state index is 13.6. The zero-order chi connectivity index (χ0) is 13.5. The Morgan fingerprint density at radius 2 is 2.11 bits per heavy atom. The molecule has 0 aliphatic rings. The fourth-order valence-electron chi connectivity index (χ4n) is 1.35. The Hall–Kier alpha value is -1.01. The second-order valence-corrected chi connectivity index (χ2v) is 4.40. The van der Waals surface area contributed by atoms with Gasteiger partial charge in [-0.3, -0.25) is 4.79 Å². The van der Waals surface area contributed by atoms with Gasteiger partial charge >= 0.3 is 0 Å². The average Bonchev–Trinajstić information content (AvgIpc) is 2.34. The van der Waals surface area contributed by atoms with Crippen LogP contribution in [0.4, 0.5) is 8.78 Å². The number of amides is 1. The number of hydrogen-bond acceptors (Lipinski definition) is 2. The van der Waals surface area contributed by atoms with Gasteiger partial charge in [0.05, 0.1) is 13.2 Å². The van der Waals surface area contributed by atoms with Crippen molar-refractivity contribution in [2.75, 3.05) is 25.1 Å². The van der Waals surface area contributed by atoms with Crippen LogP contribution in [0.1, 0.15) is 15.9 Å². The minimum absolute atomic E-state index is 0.207. The van der Waals surface area contributed by atoms with E-state index in [1.165, 1.54) is 13.0 Å². The Kier molecular flexibility index (Phi) is 6.21. The second kappa shape index (κ2) is 7.43. The molecule has 1 aromatic carbocycles. The van der Waals surface area contributed by atoms with Crippen LogP contribution in [-0.2, 0) is 4.74 Å². The molecule has 0 unspecified atom stereocenters. The first kappa shape index (κ1) is 15.0. The van der Waals surface area contributed by atoms with E-state index in [1.807, 2.05) is 0 Å². The lowest BCUT2D eigenvalue weighted by Crippen LogP contribution is -2.29. The van der Waals surface area contributed by atoms with Crippen molar-refractivity contribution in [1.82, 2.24) is 5.32 Å². The van der Waals surface area contributed by atoms with E-state index in [-0.39, 0.29) is 12.1 Å². The molecular formula is C12H14BrF2NO2. The molecule has 0 fully saturated rings. The number of hydrogen-bond donors (Lipinski definition) is 1. The Balaban J connectivity index is 2.59. The van der Waals surface area contributed by atoms with Gasteiger partial charge in [-0.1, -0.05) is 22.0 Å². The first-order valence-electron chi connectivity index (χ1n) is 5.44. The Morgan fingerprint density at radius 1 is 1.39 bits per heavy atom. The van der Waals surface area contributed by atoms with Crippen molar-refractivity contribution in [3.05, 3.63) is 34.9 Å². The van der Waals surface area contributed by atoms with E-state index in [0.717, 1.165) is 6.07 Å². The molecule has 100 valence electrons. The van der Waals surface area contributed by atoms with Gasteiger partial charge in [-0.15, -0.1) is 0 Å². The number of rotatable bonds is 6. The van der Waals surface area contributed by atoms with Crippen molar-refractivity contribution < 1.29 is 18.3 Å². The monoisotopic (exact) mass is 321 g/mol. The van der Waals surface area contributed by atoms with Crippen LogP contribution < -0.4 is 5.32 Å². The van der Waals surface area contributed by atoms with Gasteiger partial charge in [0.25, 0.3) is 5.91 Å². The maximum atomic E-state index is 13.6. The van der Waals surface area contributed by atoms with E-state index < -0.39 is 23.1 Å². The topological polar surface area (TPSA) is 38.3 Å². The molecule has 1 N–H and O–H groups in total. The van der Waals surface area contributed by atoms with Crippen molar-refractivity contribution in [2.24, 2.45) is 0 Å². The number of carbonyl (C=O) groups excluding carboxylic acids is 1. The summed E-state index contributed by atoms with van der Waals surface area (Å²) in [4.78, 5) is 11.6. The highest BCUT2D eigenvalue weighted by atomic mass is 79.9. The quantitative estimate of drug-likeness (QED) is 0.645. The molecule has 18 heavy (non-hydrogen) atoms. The number of benzene rings is 1. The third-order valence-corrected chi connectivity index (χ3v) is 2.59. The van der Waals surface area contributed by atoms with Gasteiger partial charge in [-0.05, 0) is 18.6 Å². The Morgan fingerprint density at radius 3 is 2.78 bits per heavy atom. The molecule has 0 saturated carbocycles. The number of ether oxygens (including phenoxy) is 1. The third-order valence-electron chi connectivity index (χ3n) is 2.26. The molecule has 0 aliphatic carbocycles. The van der Waals surface area contributed by atoms with Gasteiger partial charge in [0.1, 0.15) is 17.2 Å². The largest absolute Gasteiger partial charge is 0.379 e. The fourth-order valence-corrected chi connectivity index (χ4v) is 1.58. The summed E-state index contributed by atoms with van der Waals surface area (Å²) in [6, 6.07) is 2.37. The summed E-state index contributed by atoms with van der Waals surface area (Å²) in [5.74, 6) is -2.46. The van der Waals surface area contributed by atoms with Crippen LogP contribution in [0.25, 0.3) is 0 Å². The standard InChI is InChI=1S/C12H14BrF2NO2/c1-8-2-3-9(14)10(11(8)15)12(17)16-5-7-18-6-4-13/h2-3H,4-7H2,1H3,(H,16,17). The number of nitrogens with one attached hydrogen (secondary N) is 1. The first-order valence-corrected chi connectivity index (χ1v) is 6.56. The minimum Gasteiger partial charge on any atom is -0.379 e. The third kappa shape index (κ3) is 4.03. The molecule has 3 nitrogen and oxygen atoms in total. The second-order valence-electron chi connectivity index (χ2n) is 3.61. The van der Waals surface area contributed by atoms with Crippen LogP contribution in [0.3, 0.4) is 0 Å². The number of halogens is 3. The summed E-state index contributed by atoms with van der Waals surface area (Å²) >= 11 is 3.18. The highest BCUT2D eigenvalue weighted by Gasteiger charge is 2.18. The lowest BCUT2D eigenvalue weighted by molar-refractivity contribution is 0.0915. The van der Waals surface area contributed by atoms with E-state index in [1.54, 1.807) is 0 Å². The Bertz CT molecular complexity index is 427. The Labute approximate surface area is 113 Å². The zero-order valence-electron chi connectivity index (χ0n) is 9.93. The molecule has 0 atom stereocenters. The molecule has 0 heterocycles. The van der Waals surface area contributed by atoms with E-state index in [2.05, 4.69) is 21.2 Å². The summed E-state index contributed by atoms with van der Waals surface area (Å²) in [5.41, 5.74) is -0.312. The fraction of sp³-hybridized carbons (Fsp3) is 0.417. The van der Waals surface area contributed by atoms with E-state index in [4.69, 9.17) is 4.74 Å². The molecule has 0 spiro atoms. The van der Waals surface area contributed by atoms with Crippen molar-refractivity contribution in [2.45, 2.75) is 6.92 Å². The molecule has 0 aromatic heterocycles. The first-order chi connectivity index (χ1) is 8.57. The van der Waals surface area contributed by atoms with Crippen molar-refractivity contribution in [3.8, 4) is 0 Å². The molecular weight excluding hydrogens is 308 g/mol. The predicted octanol–water partition coefficient (Wildman–Crippen LogP) is 2.41. The van der Waals surface area contributed by atoms with Crippen molar-refractivity contribution >= 4 is 21.8 Å². The van der Waals surface area contributed by atoms with Gasteiger partial charge in [0.15, 0.2) is 0 Å². The van der Waals surface area contributed by atoms with Gasteiger partial charge in [-0.25, -0.2) is 8.78 Å². The molecule has 0 bridgehead atoms. The van der Waals surface area contributed by atoms with Crippen molar-refractivity contribution in [1.29, 1.82) is 0 Å². The molecule has 1 amide bonds. The summed E-state index contributed by atoms with van der Waals surface area (Å²) in [6.07, 6.45) is 0. The van der Waals surface area contributed by atoms with Crippen LogP contribution in [0, 0.1) is 18.6 Å². The van der Waals surface area contributed by atoms with Crippen LogP contribution in [0.15, 0.2) is 12.1 Å². The summed E-state index contributed by atoms with van der Waals surface area (Å²) in [6.45, 7) is 2.50. The summed E-state index contributed by atoms with van der Waals surface area (Å²) in [7, 11) is 0. The SMILES string of the molecule is Cc1ccc(F)c(C(=O)NCCOCCBr)c1F. The smallest absolute Gasteiger partial charge is 0.257 e. The lowest BCUT2D eigenvalue weighted by Gasteiger charge is -2.08. The summed E-state index contributed by atoms with van der Waals surface area (Å²) in [5, 5.41) is 3.10. The molecule has 0 saturated heterocycles. The molecule has 1 rings (SSSR count). The maximum Gasteiger partial charge on any atom is 0.257 e. The van der Waals surface area contributed by atoms with E-state index >= 15 is 0 Å². The van der Waals surface area contributed by atoms with Gasteiger partial charge in [0, 0.05) is 11.9 Å². The molecule has 1 aromatic rings. The van der Waals surface area contributed by atoms with E-state index in [9.17, 15) is 13.6 Å². The number of carbonyl (C=O) groups is 1. The molecule has 0 aliphatic heterocycles. The van der Waals surface area contributed by atoms with Crippen LogP contribution in [-0.4, -0.2) is 31.0 Å². The van der Waals surface area contributed by atoms with Crippen LogP contribution in [0.5, 0.6) is 0 Å². The normalized spacial score (nSPS) is 10.4. The highest BCUT2D eigenvalue weighted by Crippen LogP contribution is 2.15. The highest BCUT2D eigenvalue weighted by molar-refractivity contribution is 9.09. The summed E-state index contributed by atoms with van der Waals surface area (Å²) < 4.78 is 32.1. The number of aryl methyl sites for hydroxylation is 1. The average molecular weight is 322 g/mol. The minimum atomic E-state index is -0.864. The number of alkyl halides is 1. The zero-order valence-corrected chi connectivity index (χ0v) is 11.5. The van der Waals surface area contributed by atoms with Crippen molar-refractivity contribution in [3.63, 3.8) is 0 Å². The van der Waals surface area contributed by atoms with Crippen LogP contribution >= 0.6 is 15.9 Å².